The number of likely N-dealkylation sites (tertiary alicyclic amines) is 1. The molecule has 21 heavy (non-hydrogen) atoms. The fraction of sp³-hybridized carbons (Fsp3) is 0.867. The molecule has 0 saturated carbocycles. The Bertz CT molecular complexity index is 397. The molecule has 0 aromatic rings. The van der Waals surface area contributed by atoms with E-state index < -0.39 is 5.60 Å². The van der Waals surface area contributed by atoms with Gasteiger partial charge in [0.15, 0.2) is 0 Å². The van der Waals surface area contributed by atoms with Gasteiger partial charge < -0.3 is 20.7 Å². The summed E-state index contributed by atoms with van der Waals surface area (Å²) in [6.45, 7) is 6.94. The Kier molecular flexibility index (Phi) is 4.76. The fourth-order valence-electron chi connectivity index (χ4n) is 3.08. The SMILES string of the molecule is CC(C)(C)OC(=O)N1CCC([C@@H]2NC(=O)CC[C@H]2N)CC1. The molecule has 0 radical (unpaired) electrons. The van der Waals surface area contributed by atoms with Gasteiger partial charge in [-0.25, -0.2) is 4.79 Å². The van der Waals surface area contributed by atoms with E-state index in [1.54, 1.807) is 4.90 Å². The summed E-state index contributed by atoms with van der Waals surface area (Å²) in [5.74, 6) is 0.444. The molecule has 2 rings (SSSR count). The lowest BCUT2D eigenvalue weighted by molar-refractivity contribution is -0.124. The van der Waals surface area contributed by atoms with Crippen LogP contribution in [-0.4, -0.2) is 47.7 Å². The Labute approximate surface area is 126 Å². The summed E-state index contributed by atoms with van der Waals surface area (Å²) in [7, 11) is 0. The highest BCUT2D eigenvalue weighted by molar-refractivity contribution is 5.77. The van der Waals surface area contributed by atoms with Crippen LogP contribution in [0.15, 0.2) is 0 Å². The van der Waals surface area contributed by atoms with Crippen molar-refractivity contribution in [1.29, 1.82) is 0 Å². The van der Waals surface area contributed by atoms with E-state index in [0.29, 0.717) is 25.4 Å². The van der Waals surface area contributed by atoms with Crippen molar-refractivity contribution in [3.63, 3.8) is 0 Å². The molecule has 0 aliphatic carbocycles. The smallest absolute Gasteiger partial charge is 0.410 e. The van der Waals surface area contributed by atoms with Crippen molar-refractivity contribution in [3.8, 4) is 0 Å². The second-order valence-corrected chi connectivity index (χ2v) is 7.10. The van der Waals surface area contributed by atoms with Gasteiger partial charge in [-0.2, -0.15) is 0 Å². The van der Waals surface area contributed by atoms with Crippen molar-refractivity contribution in [2.24, 2.45) is 11.7 Å². The lowest BCUT2D eigenvalue weighted by atomic mass is 9.82. The topological polar surface area (TPSA) is 84.7 Å². The first kappa shape index (κ1) is 16.1. The second kappa shape index (κ2) is 6.22. The van der Waals surface area contributed by atoms with Crippen LogP contribution in [0.1, 0.15) is 46.5 Å². The number of carbonyl (C=O) groups excluding carboxylic acids is 2. The minimum Gasteiger partial charge on any atom is -0.444 e. The lowest BCUT2D eigenvalue weighted by Gasteiger charge is -2.40. The molecule has 0 unspecified atom stereocenters. The molecule has 0 bridgehead atoms. The van der Waals surface area contributed by atoms with Crippen molar-refractivity contribution in [2.45, 2.75) is 64.1 Å². The standard InChI is InChI=1S/C15H27N3O3/c1-15(2,3)21-14(20)18-8-6-10(7-9-18)13-11(16)4-5-12(19)17-13/h10-11,13H,4-9,16H2,1-3H3,(H,17,19)/t11-,13+/m1/s1. The molecule has 6 heteroatoms. The molecule has 2 heterocycles. The van der Waals surface area contributed by atoms with Gasteiger partial charge in [0.05, 0.1) is 0 Å². The Morgan fingerprint density at radius 3 is 2.48 bits per heavy atom. The molecule has 3 N–H and O–H groups in total. The number of rotatable bonds is 1. The van der Waals surface area contributed by atoms with Gasteiger partial charge in [-0.3, -0.25) is 4.79 Å². The van der Waals surface area contributed by atoms with Crippen molar-refractivity contribution in [2.75, 3.05) is 13.1 Å². The van der Waals surface area contributed by atoms with Gasteiger partial charge in [-0.1, -0.05) is 0 Å². The van der Waals surface area contributed by atoms with Crippen LogP contribution in [0.3, 0.4) is 0 Å². The van der Waals surface area contributed by atoms with E-state index in [2.05, 4.69) is 5.32 Å². The van der Waals surface area contributed by atoms with Gasteiger partial charge in [0.2, 0.25) is 5.91 Å². The number of piperidine rings is 2. The van der Waals surface area contributed by atoms with E-state index in [4.69, 9.17) is 10.5 Å². The first-order chi connectivity index (χ1) is 9.76. The van der Waals surface area contributed by atoms with Gasteiger partial charge in [0.1, 0.15) is 5.60 Å². The largest absolute Gasteiger partial charge is 0.444 e. The number of nitrogens with one attached hydrogen (secondary N) is 1. The molecule has 2 fully saturated rings. The maximum absolute atomic E-state index is 12.0. The summed E-state index contributed by atoms with van der Waals surface area (Å²) in [5.41, 5.74) is 5.67. The third-order valence-electron chi connectivity index (χ3n) is 4.19. The number of carbonyl (C=O) groups is 2. The highest BCUT2D eigenvalue weighted by Gasteiger charge is 2.35. The zero-order valence-corrected chi connectivity index (χ0v) is 13.2. The van der Waals surface area contributed by atoms with Crippen LogP contribution >= 0.6 is 0 Å². The third kappa shape index (κ3) is 4.33. The second-order valence-electron chi connectivity index (χ2n) is 7.10. The molecule has 2 amide bonds. The summed E-state index contributed by atoms with van der Waals surface area (Å²) in [6, 6.07) is 0.0767. The predicted octanol–water partition coefficient (Wildman–Crippen LogP) is 1.24. The predicted molar refractivity (Wildman–Crippen MR) is 79.7 cm³/mol. The van der Waals surface area contributed by atoms with Crippen LogP contribution in [0.5, 0.6) is 0 Å². The lowest BCUT2D eigenvalue weighted by Crippen LogP contribution is -2.57. The Morgan fingerprint density at radius 2 is 1.90 bits per heavy atom. The Hall–Kier alpha value is -1.30. The Morgan fingerprint density at radius 1 is 1.29 bits per heavy atom. The third-order valence-corrected chi connectivity index (χ3v) is 4.19. The molecule has 2 atom stereocenters. The van der Waals surface area contributed by atoms with E-state index in [0.717, 1.165) is 19.3 Å². The van der Waals surface area contributed by atoms with Crippen molar-refractivity contribution in [1.82, 2.24) is 10.2 Å². The summed E-state index contributed by atoms with van der Waals surface area (Å²) < 4.78 is 5.39. The highest BCUT2D eigenvalue weighted by atomic mass is 16.6. The van der Waals surface area contributed by atoms with Crippen molar-refractivity contribution >= 4 is 12.0 Å². The van der Waals surface area contributed by atoms with Crippen LogP contribution in [0.25, 0.3) is 0 Å². The molecule has 120 valence electrons. The van der Waals surface area contributed by atoms with Gasteiger partial charge in [0, 0.05) is 31.6 Å². The van der Waals surface area contributed by atoms with Gasteiger partial charge in [0.25, 0.3) is 0 Å². The van der Waals surface area contributed by atoms with Crippen LogP contribution < -0.4 is 11.1 Å². The zero-order chi connectivity index (χ0) is 15.6. The molecular formula is C15H27N3O3. The van der Waals surface area contributed by atoms with Gasteiger partial charge in [-0.05, 0) is 46.0 Å². The summed E-state index contributed by atoms with van der Waals surface area (Å²) in [4.78, 5) is 25.3. The molecule has 0 aromatic heterocycles. The number of nitrogens with two attached hydrogens (primary N) is 1. The monoisotopic (exact) mass is 297 g/mol. The zero-order valence-electron chi connectivity index (χ0n) is 13.2. The molecular weight excluding hydrogens is 270 g/mol. The number of hydrogen-bond donors (Lipinski definition) is 2. The van der Waals surface area contributed by atoms with Crippen LogP contribution in [-0.2, 0) is 9.53 Å². The highest BCUT2D eigenvalue weighted by Crippen LogP contribution is 2.26. The number of ether oxygens (including phenoxy) is 1. The summed E-state index contributed by atoms with van der Waals surface area (Å²) >= 11 is 0. The van der Waals surface area contributed by atoms with E-state index in [1.807, 2.05) is 20.8 Å². The van der Waals surface area contributed by atoms with E-state index in [1.165, 1.54) is 0 Å². The molecule has 2 saturated heterocycles. The average molecular weight is 297 g/mol. The molecule has 6 nitrogen and oxygen atoms in total. The van der Waals surface area contributed by atoms with E-state index in [-0.39, 0.29) is 24.1 Å². The van der Waals surface area contributed by atoms with Crippen LogP contribution in [0.4, 0.5) is 4.79 Å². The first-order valence-corrected chi connectivity index (χ1v) is 7.79. The van der Waals surface area contributed by atoms with Crippen LogP contribution in [0.2, 0.25) is 0 Å². The first-order valence-electron chi connectivity index (χ1n) is 7.79. The fourth-order valence-corrected chi connectivity index (χ4v) is 3.08. The van der Waals surface area contributed by atoms with Crippen molar-refractivity contribution in [3.05, 3.63) is 0 Å². The number of hydrogen-bond acceptors (Lipinski definition) is 4. The van der Waals surface area contributed by atoms with Gasteiger partial charge >= 0.3 is 6.09 Å². The molecule has 2 aliphatic rings. The maximum Gasteiger partial charge on any atom is 0.410 e. The molecule has 2 aliphatic heterocycles. The quantitative estimate of drug-likeness (QED) is 0.762. The average Bonchev–Trinajstić information content (AvgIpc) is 2.40. The van der Waals surface area contributed by atoms with Crippen molar-refractivity contribution < 1.29 is 14.3 Å². The molecule has 0 spiro atoms. The minimum atomic E-state index is -0.465. The van der Waals surface area contributed by atoms with Gasteiger partial charge in [-0.15, -0.1) is 0 Å². The minimum absolute atomic E-state index is 0.0285. The van der Waals surface area contributed by atoms with E-state index >= 15 is 0 Å². The van der Waals surface area contributed by atoms with Crippen LogP contribution in [0, 0.1) is 5.92 Å². The van der Waals surface area contributed by atoms with E-state index in [9.17, 15) is 9.59 Å². The number of nitrogens with zero attached hydrogens (tertiary/aromatic N) is 1. The number of amides is 2. The molecule has 0 aromatic carbocycles. The Balaban J connectivity index is 1.85. The maximum atomic E-state index is 12.0. The summed E-state index contributed by atoms with van der Waals surface area (Å²) in [6.07, 6.45) is 2.74. The summed E-state index contributed by atoms with van der Waals surface area (Å²) in [5, 5.41) is 3.02. The normalized spacial score (nSPS) is 28.2.